The fourth-order valence-corrected chi connectivity index (χ4v) is 4.40. The van der Waals surface area contributed by atoms with Gasteiger partial charge < -0.3 is 5.32 Å². The van der Waals surface area contributed by atoms with Crippen LogP contribution >= 0.6 is 34.8 Å². The number of carbonyl (C=O) groups excluding carboxylic acids is 1. The van der Waals surface area contributed by atoms with Gasteiger partial charge in [-0.3, -0.25) is 24.1 Å². The molecule has 37 heavy (non-hydrogen) atoms. The van der Waals surface area contributed by atoms with E-state index in [1.165, 1.54) is 48.3 Å². The lowest BCUT2D eigenvalue weighted by atomic mass is 9.94. The maximum absolute atomic E-state index is 15.1. The van der Waals surface area contributed by atoms with Crippen LogP contribution in [0.15, 0.2) is 70.3 Å². The van der Waals surface area contributed by atoms with Gasteiger partial charge in [0.05, 0.1) is 16.3 Å². The van der Waals surface area contributed by atoms with Gasteiger partial charge in [0.25, 0.3) is 11.5 Å². The van der Waals surface area contributed by atoms with Crippen LogP contribution < -0.4 is 10.9 Å². The second-order valence-electron chi connectivity index (χ2n) is 8.20. The SMILES string of the molecule is CNC(=O)c1cccc(C(/C=C/n2c(C)cc(C(C)Cc3cncc(Cl)c3)c(Cl)c2=O)=N\C=C\Cl)c1F. The highest BCUT2D eigenvalue weighted by atomic mass is 35.5. The van der Waals surface area contributed by atoms with Gasteiger partial charge in [-0.05, 0) is 60.7 Å². The average Bonchev–Trinajstić information content (AvgIpc) is 2.87. The summed E-state index contributed by atoms with van der Waals surface area (Å²) in [5, 5.41) is 3.01. The molecule has 0 bridgehead atoms. The Kier molecular flexibility index (Phi) is 9.80. The number of aliphatic imine (C=N–C) groups is 1. The van der Waals surface area contributed by atoms with Crippen LogP contribution in [-0.4, -0.2) is 28.2 Å². The minimum absolute atomic E-state index is 0.0595. The number of allylic oxidation sites excluding steroid dienone is 1. The number of nitrogens with zero attached hydrogens (tertiary/aromatic N) is 3. The van der Waals surface area contributed by atoms with E-state index in [2.05, 4.69) is 15.3 Å². The van der Waals surface area contributed by atoms with Crippen LogP contribution in [-0.2, 0) is 6.42 Å². The summed E-state index contributed by atoms with van der Waals surface area (Å²) in [6, 6.07) is 8.04. The minimum Gasteiger partial charge on any atom is -0.355 e. The highest BCUT2D eigenvalue weighted by Gasteiger charge is 2.18. The van der Waals surface area contributed by atoms with Crippen molar-refractivity contribution in [1.29, 1.82) is 0 Å². The zero-order chi connectivity index (χ0) is 27.1. The fourth-order valence-electron chi connectivity index (χ4n) is 3.82. The summed E-state index contributed by atoms with van der Waals surface area (Å²) in [7, 11) is 1.41. The third-order valence-corrected chi connectivity index (χ3v) is 6.34. The molecular weight excluding hydrogens is 538 g/mol. The van der Waals surface area contributed by atoms with Crippen molar-refractivity contribution in [1.82, 2.24) is 14.9 Å². The van der Waals surface area contributed by atoms with Crippen molar-refractivity contribution in [3.05, 3.63) is 115 Å². The summed E-state index contributed by atoms with van der Waals surface area (Å²) in [4.78, 5) is 33.5. The Bertz CT molecular complexity index is 1460. The summed E-state index contributed by atoms with van der Waals surface area (Å²) in [5.41, 5.74) is 3.02. The third-order valence-electron chi connectivity index (χ3n) is 5.64. The fraction of sp³-hybridized carbons (Fsp3) is 0.185. The number of carbonyl (C=O) groups is 1. The third kappa shape index (κ3) is 6.74. The summed E-state index contributed by atoms with van der Waals surface area (Å²) >= 11 is 18.2. The second-order valence-corrected chi connectivity index (χ2v) is 9.26. The van der Waals surface area contributed by atoms with Crippen molar-refractivity contribution in [2.75, 3.05) is 7.05 Å². The Hall–Kier alpha value is -3.26. The summed E-state index contributed by atoms with van der Waals surface area (Å²) in [6.07, 6.45) is 8.04. The molecule has 3 rings (SSSR count). The minimum atomic E-state index is -0.755. The first-order chi connectivity index (χ1) is 17.7. The highest BCUT2D eigenvalue weighted by Crippen LogP contribution is 2.27. The van der Waals surface area contributed by atoms with E-state index in [-0.39, 0.29) is 27.8 Å². The topological polar surface area (TPSA) is 76.3 Å². The van der Waals surface area contributed by atoms with Crippen LogP contribution in [0.5, 0.6) is 0 Å². The van der Waals surface area contributed by atoms with E-state index < -0.39 is 17.3 Å². The van der Waals surface area contributed by atoms with Gasteiger partial charge in [-0.25, -0.2) is 4.39 Å². The normalized spacial score (nSPS) is 12.9. The van der Waals surface area contributed by atoms with Crippen LogP contribution in [0.1, 0.15) is 45.6 Å². The Morgan fingerprint density at radius 1 is 1.24 bits per heavy atom. The monoisotopic (exact) mass is 560 g/mol. The van der Waals surface area contributed by atoms with Crippen molar-refractivity contribution < 1.29 is 9.18 Å². The first-order valence-electron chi connectivity index (χ1n) is 11.2. The molecule has 1 atom stereocenters. The lowest BCUT2D eigenvalue weighted by molar-refractivity contribution is 0.0959. The summed E-state index contributed by atoms with van der Waals surface area (Å²) < 4.78 is 16.5. The van der Waals surface area contributed by atoms with Gasteiger partial charge in [-0.15, -0.1) is 0 Å². The van der Waals surface area contributed by atoms with Gasteiger partial charge in [-0.1, -0.05) is 47.8 Å². The maximum Gasteiger partial charge on any atom is 0.273 e. The summed E-state index contributed by atoms with van der Waals surface area (Å²) in [6.45, 7) is 3.73. The lowest BCUT2D eigenvalue weighted by Gasteiger charge is -2.16. The van der Waals surface area contributed by atoms with Crippen molar-refractivity contribution in [3.63, 3.8) is 0 Å². The van der Waals surface area contributed by atoms with Crippen molar-refractivity contribution >= 4 is 52.6 Å². The van der Waals surface area contributed by atoms with Crippen molar-refractivity contribution in [2.24, 2.45) is 4.99 Å². The molecule has 0 aliphatic heterocycles. The Labute approximate surface area is 229 Å². The smallest absolute Gasteiger partial charge is 0.273 e. The zero-order valence-electron chi connectivity index (χ0n) is 20.3. The zero-order valence-corrected chi connectivity index (χ0v) is 22.6. The molecule has 0 saturated carbocycles. The number of pyridine rings is 2. The van der Waals surface area contributed by atoms with Crippen LogP contribution in [0.3, 0.4) is 0 Å². The van der Waals surface area contributed by atoms with E-state index in [4.69, 9.17) is 34.8 Å². The molecule has 10 heteroatoms. The molecular formula is C27H24Cl3FN4O2. The van der Waals surface area contributed by atoms with Crippen molar-refractivity contribution in [3.8, 4) is 0 Å². The molecule has 2 heterocycles. The number of hydrogen-bond donors (Lipinski definition) is 1. The lowest BCUT2D eigenvalue weighted by Crippen LogP contribution is -2.22. The Balaban J connectivity index is 2.00. The molecule has 6 nitrogen and oxygen atoms in total. The van der Waals surface area contributed by atoms with E-state index in [0.717, 1.165) is 11.1 Å². The average molecular weight is 562 g/mol. The van der Waals surface area contributed by atoms with Crippen LogP contribution in [0, 0.1) is 12.7 Å². The second kappa shape index (κ2) is 12.8. The molecule has 0 saturated heterocycles. The van der Waals surface area contributed by atoms with E-state index >= 15 is 4.39 Å². The first kappa shape index (κ1) is 28.3. The Morgan fingerprint density at radius 3 is 2.65 bits per heavy atom. The quantitative estimate of drug-likeness (QED) is 0.325. The molecule has 0 fully saturated rings. The number of amides is 1. The van der Waals surface area contributed by atoms with E-state index in [0.29, 0.717) is 22.7 Å². The highest BCUT2D eigenvalue weighted by molar-refractivity contribution is 6.31. The predicted molar refractivity (Wildman–Crippen MR) is 148 cm³/mol. The van der Waals surface area contributed by atoms with E-state index in [9.17, 15) is 9.59 Å². The number of halogens is 4. The van der Waals surface area contributed by atoms with Gasteiger partial charge in [0.15, 0.2) is 0 Å². The number of aromatic nitrogens is 2. The Morgan fingerprint density at radius 2 is 1.97 bits per heavy atom. The standard InChI is InChI=1S/C27H24Cl3FN4O2/c1-16(11-18-13-19(29)15-33-14-18)22-12-17(2)35(27(37)24(22)30)10-7-23(34-9-8-28)20-5-4-6-21(25(20)31)26(36)32-3/h4-10,12-16H,11H2,1-3H3,(H,32,36)/b9-8+,10-7+,34-23-. The van der Waals surface area contributed by atoms with Crippen LogP contribution in [0.25, 0.3) is 6.20 Å². The number of nitrogens with one attached hydrogen (secondary N) is 1. The number of rotatable bonds is 8. The molecule has 1 amide bonds. The van der Waals surface area contributed by atoms with Gasteiger partial charge in [0.2, 0.25) is 0 Å². The maximum atomic E-state index is 15.1. The van der Waals surface area contributed by atoms with E-state index in [1.807, 2.05) is 19.1 Å². The summed E-state index contributed by atoms with van der Waals surface area (Å²) in [5.74, 6) is -1.41. The molecule has 1 N–H and O–H groups in total. The molecule has 2 aromatic heterocycles. The molecule has 0 aliphatic carbocycles. The van der Waals surface area contributed by atoms with Gasteiger partial charge in [-0.2, -0.15) is 0 Å². The molecule has 1 unspecified atom stereocenters. The first-order valence-corrected chi connectivity index (χ1v) is 12.4. The molecule has 0 aliphatic rings. The van der Waals surface area contributed by atoms with Crippen LogP contribution in [0.2, 0.25) is 10.0 Å². The largest absolute Gasteiger partial charge is 0.355 e. The molecule has 0 spiro atoms. The van der Waals surface area contributed by atoms with Gasteiger partial charge in [0, 0.05) is 48.6 Å². The molecule has 0 radical (unpaired) electrons. The number of aryl methyl sites for hydroxylation is 1. The number of benzene rings is 1. The van der Waals surface area contributed by atoms with Crippen molar-refractivity contribution in [2.45, 2.75) is 26.2 Å². The van der Waals surface area contributed by atoms with Gasteiger partial charge >= 0.3 is 0 Å². The molecule has 1 aromatic carbocycles. The van der Waals surface area contributed by atoms with Crippen LogP contribution in [0.4, 0.5) is 4.39 Å². The molecule has 192 valence electrons. The number of hydrogen-bond acceptors (Lipinski definition) is 4. The predicted octanol–water partition coefficient (Wildman–Crippen LogP) is 6.37. The van der Waals surface area contributed by atoms with E-state index in [1.54, 1.807) is 19.3 Å². The van der Waals surface area contributed by atoms with Gasteiger partial charge in [0.1, 0.15) is 10.8 Å². The molecule has 3 aromatic rings.